The van der Waals surface area contributed by atoms with Crippen LogP contribution in [0, 0.1) is 0 Å². The lowest BCUT2D eigenvalue weighted by Gasteiger charge is -2.26. The Balaban J connectivity index is 1.38. The van der Waals surface area contributed by atoms with Gasteiger partial charge in [-0.2, -0.15) is 4.31 Å². The maximum Gasteiger partial charge on any atom is 0.251 e. The molecule has 29 heavy (non-hydrogen) atoms. The van der Waals surface area contributed by atoms with Crippen molar-refractivity contribution in [3.05, 3.63) is 64.7 Å². The SMILES string of the molecule is O=C(NCc1ccc(S(=O)(=O)N2CCOCC2)cc1)c1ccc2c(c1)CCCC2. The largest absolute Gasteiger partial charge is 0.379 e. The molecule has 154 valence electrons. The molecular formula is C22H26N2O4S. The molecule has 2 aliphatic rings. The molecule has 0 saturated carbocycles. The van der Waals surface area contributed by atoms with Crippen molar-refractivity contribution in [1.82, 2.24) is 9.62 Å². The van der Waals surface area contributed by atoms with Crippen LogP contribution in [0.15, 0.2) is 47.4 Å². The van der Waals surface area contributed by atoms with Gasteiger partial charge in [-0.1, -0.05) is 18.2 Å². The van der Waals surface area contributed by atoms with Gasteiger partial charge in [0.25, 0.3) is 5.91 Å². The van der Waals surface area contributed by atoms with Crippen molar-refractivity contribution in [1.29, 1.82) is 0 Å². The van der Waals surface area contributed by atoms with E-state index in [4.69, 9.17) is 4.74 Å². The van der Waals surface area contributed by atoms with Crippen molar-refractivity contribution in [3.63, 3.8) is 0 Å². The molecule has 1 aliphatic heterocycles. The number of rotatable bonds is 5. The molecule has 0 unspecified atom stereocenters. The molecule has 2 aromatic carbocycles. The second-order valence-electron chi connectivity index (χ2n) is 7.53. The first-order valence-corrected chi connectivity index (χ1v) is 11.5. The van der Waals surface area contributed by atoms with Crippen molar-refractivity contribution >= 4 is 15.9 Å². The van der Waals surface area contributed by atoms with Crippen LogP contribution in [0.2, 0.25) is 0 Å². The van der Waals surface area contributed by atoms with Crippen molar-refractivity contribution in [2.75, 3.05) is 26.3 Å². The number of fused-ring (bicyclic) bond motifs is 1. The monoisotopic (exact) mass is 414 g/mol. The fraction of sp³-hybridized carbons (Fsp3) is 0.409. The molecule has 4 rings (SSSR count). The third-order valence-electron chi connectivity index (χ3n) is 5.59. The lowest BCUT2D eigenvalue weighted by molar-refractivity contribution is 0.0730. The maximum absolute atomic E-state index is 12.7. The fourth-order valence-electron chi connectivity index (χ4n) is 3.87. The van der Waals surface area contributed by atoms with E-state index in [1.54, 1.807) is 24.3 Å². The van der Waals surface area contributed by atoms with E-state index in [1.807, 2.05) is 12.1 Å². The first kappa shape index (κ1) is 20.1. The summed E-state index contributed by atoms with van der Waals surface area (Å²) in [6.07, 6.45) is 4.53. The Morgan fingerprint density at radius 2 is 1.66 bits per heavy atom. The number of nitrogens with one attached hydrogen (secondary N) is 1. The van der Waals surface area contributed by atoms with Crippen LogP contribution in [0.1, 0.15) is 39.9 Å². The molecule has 0 radical (unpaired) electrons. The molecule has 1 heterocycles. The van der Waals surface area contributed by atoms with Gasteiger partial charge < -0.3 is 10.1 Å². The van der Waals surface area contributed by atoms with Crippen molar-refractivity contribution in [3.8, 4) is 0 Å². The molecule has 2 aromatic rings. The summed E-state index contributed by atoms with van der Waals surface area (Å²) in [5.74, 6) is -0.108. The smallest absolute Gasteiger partial charge is 0.251 e. The quantitative estimate of drug-likeness (QED) is 0.816. The summed E-state index contributed by atoms with van der Waals surface area (Å²) in [4.78, 5) is 12.8. The van der Waals surface area contributed by atoms with E-state index >= 15 is 0 Å². The van der Waals surface area contributed by atoms with E-state index in [1.165, 1.54) is 28.3 Å². The number of carbonyl (C=O) groups is 1. The third kappa shape index (κ3) is 4.52. The highest BCUT2D eigenvalue weighted by molar-refractivity contribution is 7.89. The van der Waals surface area contributed by atoms with Crippen LogP contribution in [-0.2, 0) is 34.1 Å². The van der Waals surface area contributed by atoms with Crippen LogP contribution in [-0.4, -0.2) is 44.9 Å². The number of carbonyl (C=O) groups excluding carboxylic acids is 1. The molecule has 1 N–H and O–H groups in total. The van der Waals surface area contributed by atoms with Gasteiger partial charge in [0.15, 0.2) is 0 Å². The number of aryl methyl sites for hydroxylation is 2. The number of hydrogen-bond donors (Lipinski definition) is 1. The number of hydrogen-bond acceptors (Lipinski definition) is 4. The molecule has 1 fully saturated rings. The Bertz CT molecular complexity index is 980. The average Bonchev–Trinajstić information content (AvgIpc) is 2.78. The van der Waals surface area contributed by atoms with E-state index in [-0.39, 0.29) is 10.8 Å². The molecule has 7 heteroatoms. The second-order valence-corrected chi connectivity index (χ2v) is 9.47. The van der Waals surface area contributed by atoms with Crippen LogP contribution in [0.5, 0.6) is 0 Å². The lowest BCUT2D eigenvalue weighted by atomic mass is 9.90. The highest BCUT2D eigenvalue weighted by Gasteiger charge is 2.26. The Morgan fingerprint density at radius 1 is 0.966 bits per heavy atom. The van der Waals surface area contributed by atoms with E-state index in [0.717, 1.165) is 18.4 Å². The van der Waals surface area contributed by atoms with Gasteiger partial charge in [-0.3, -0.25) is 4.79 Å². The number of ether oxygens (including phenoxy) is 1. The number of sulfonamides is 1. The van der Waals surface area contributed by atoms with Gasteiger partial charge in [0.05, 0.1) is 18.1 Å². The van der Waals surface area contributed by atoms with Gasteiger partial charge in [0.2, 0.25) is 10.0 Å². The van der Waals surface area contributed by atoms with E-state index < -0.39 is 10.0 Å². The van der Waals surface area contributed by atoms with Crippen molar-refractivity contribution in [2.45, 2.75) is 37.1 Å². The lowest BCUT2D eigenvalue weighted by Crippen LogP contribution is -2.40. The molecule has 0 aromatic heterocycles. The molecule has 1 amide bonds. The minimum atomic E-state index is -3.50. The Labute approximate surface area is 171 Å². The summed E-state index contributed by atoms with van der Waals surface area (Å²) in [7, 11) is -3.50. The van der Waals surface area contributed by atoms with Gasteiger partial charge in [0, 0.05) is 25.2 Å². The molecular weight excluding hydrogens is 388 g/mol. The van der Waals surface area contributed by atoms with Crippen LogP contribution in [0.4, 0.5) is 0 Å². The number of benzene rings is 2. The molecule has 0 atom stereocenters. The van der Waals surface area contributed by atoms with Gasteiger partial charge in [-0.25, -0.2) is 8.42 Å². The number of amides is 1. The first-order valence-electron chi connectivity index (χ1n) is 10.1. The summed E-state index contributed by atoms with van der Waals surface area (Å²) in [5.41, 5.74) is 4.17. The van der Waals surface area contributed by atoms with E-state index in [2.05, 4.69) is 11.4 Å². The minimum absolute atomic E-state index is 0.108. The molecule has 1 aliphatic carbocycles. The second kappa shape index (κ2) is 8.65. The standard InChI is InChI=1S/C22H26N2O4S/c25-22(20-8-7-18-3-1-2-4-19(18)15-20)23-16-17-5-9-21(10-6-17)29(26,27)24-11-13-28-14-12-24/h5-10,15H,1-4,11-14,16H2,(H,23,25). The Kier molecular flexibility index (Phi) is 5.99. The summed E-state index contributed by atoms with van der Waals surface area (Å²) >= 11 is 0. The zero-order chi connectivity index (χ0) is 20.3. The third-order valence-corrected chi connectivity index (χ3v) is 7.51. The van der Waals surface area contributed by atoms with E-state index in [9.17, 15) is 13.2 Å². The average molecular weight is 415 g/mol. The molecule has 1 saturated heterocycles. The Hall–Kier alpha value is -2.22. The van der Waals surface area contributed by atoms with Crippen molar-refractivity contribution < 1.29 is 17.9 Å². The zero-order valence-electron chi connectivity index (χ0n) is 16.4. The number of morpholine rings is 1. The fourth-order valence-corrected chi connectivity index (χ4v) is 5.28. The highest BCUT2D eigenvalue weighted by atomic mass is 32.2. The summed E-state index contributed by atoms with van der Waals surface area (Å²) in [6.45, 7) is 1.95. The van der Waals surface area contributed by atoms with Crippen LogP contribution < -0.4 is 5.32 Å². The predicted molar refractivity (Wildman–Crippen MR) is 110 cm³/mol. The highest BCUT2D eigenvalue weighted by Crippen LogP contribution is 2.22. The predicted octanol–water partition coefficient (Wildman–Crippen LogP) is 2.52. The van der Waals surface area contributed by atoms with Crippen molar-refractivity contribution in [2.24, 2.45) is 0 Å². The van der Waals surface area contributed by atoms with Gasteiger partial charge in [0.1, 0.15) is 0 Å². The summed E-state index contributed by atoms with van der Waals surface area (Å²) in [5, 5.41) is 2.93. The van der Waals surface area contributed by atoms with E-state index in [0.29, 0.717) is 38.4 Å². The minimum Gasteiger partial charge on any atom is -0.379 e. The molecule has 0 spiro atoms. The van der Waals surface area contributed by atoms with Crippen LogP contribution in [0.25, 0.3) is 0 Å². The van der Waals surface area contributed by atoms with Gasteiger partial charge in [-0.05, 0) is 66.6 Å². The summed E-state index contributed by atoms with van der Waals surface area (Å²) < 4.78 is 32.0. The zero-order valence-corrected chi connectivity index (χ0v) is 17.2. The van der Waals surface area contributed by atoms with Crippen LogP contribution in [0.3, 0.4) is 0 Å². The van der Waals surface area contributed by atoms with Gasteiger partial charge >= 0.3 is 0 Å². The normalized spacial score (nSPS) is 17.5. The Morgan fingerprint density at radius 3 is 2.38 bits per heavy atom. The first-order chi connectivity index (χ1) is 14.0. The maximum atomic E-state index is 12.7. The molecule has 6 nitrogen and oxygen atoms in total. The molecule has 0 bridgehead atoms. The number of nitrogens with zero attached hydrogens (tertiary/aromatic N) is 1. The topological polar surface area (TPSA) is 75.7 Å². The summed E-state index contributed by atoms with van der Waals surface area (Å²) in [6, 6.07) is 12.7. The van der Waals surface area contributed by atoms with Crippen LogP contribution >= 0.6 is 0 Å². The van der Waals surface area contributed by atoms with Gasteiger partial charge in [-0.15, -0.1) is 0 Å².